The Balaban J connectivity index is 1.66. The lowest BCUT2D eigenvalue weighted by atomic mass is 10.2. The van der Waals surface area contributed by atoms with Gasteiger partial charge in [-0.2, -0.15) is 5.01 Å². The molecule has 0 saturated carbocycles. The summed E-state index contributed by atoms with van der Waals surface area (Å²) in [4.78, 5) is 13.4. The van der Waals surface area contributed by atoms with Gasteiger partial charge in [0.25, 0.3) is 5.91 Å². The smallest absolute Gasteiger partial charge is 0.285 e. The zero-order valence-electron chi connectivity index (χ0n) is 14.9. The summed E-state index contributed by atoms with van der Waals surface area (Å²) < 4.78 is 8.16. The number of thioether (sulfide) groups is 1. The second-order valence-corrected chi connectivity index (χ2v) is 8.69. The number of carbonyl (C=O) groups excluding carboxylic acids is 1. The molecular formula is C20H14Cl2N2O2S2. The largest absolute Gasteiger partial charge is 0.457 e. The molecule has 142 valence electrons. The Hall–Kier alpha value is -1.99. The average molecular weight is 449 g/mol. The Labute approximate surface area is 181 Å². The molecule has 1 aliphatic rings. The Morgan fingerprint density at radius 1 is 1.07 bits per heavy atom. The summed E-state index contributed by atoms with van der Waals surface area (Å²) in [5.41, 5.74) is 2.57. The molecule has 8 heteroatoms. The Kier molecular flexibility index (Phi) is 5.14. The van der Waals surface area contributed by atoms with Gasteiger partial charge in [0.1, 0.15) is 11.5 Å². The van der Waals surface area contributed by atoms with Crippen LogP contribution in [0.5, 0.6) is 0 Å². The number of amides is 1. The van der Waals surface area contributed by atoms with Gasteiger partial charge in [-0.1, -0.05) is 41.0 Å². The second kappa shape index (κ2) is 7.44. The van der Waals surface area contributed by atoms with E-state index in [1.807, 2.05) is 36.7 Å². The van der Waals surface area contributed by atoms with Gasteiger partial charge in [0.05, 0.1) is 15.0 Å². The minimum absolute atomic E-state index is 0.184. The van der Waals surface area contributed by atoms with E-state index in [4.69, 9.17) is 39.8 Å². The first-order valence-electron chi connectivity index (χ1n) is 8.34. The summed E-state index contributed by atoms with van der Waals surface area (Å²) in [6, 6.07) is 12.8. The lowest BCUT2D eigenvalue weighted by Gasteiger charge is -2.20. The zero-order valence-corrected chi connectivity index (χ0v) is 18.0. The minimum Gasteiger partial charge on any atom is -0.457 e. The number of halogens is 2. The van der Waals surface area contributed by atoms with Gasteiger partial charge in [0.2, 0.25) is 0 Å². The highest BCUT2D eigenvalue weighted by Gasteiger charge is 2.35. The Morgan fingerprint density at radius 3 is 2.50 bits per heavy atom. The number of nitrogens with zero attached hydrogens (tertiary/aromatic N) is 2. The molecule has 0 atom stereocenters. The van der Waals surface area contributed by atoms with Crippen molar-refractivity contribution < 1.29 is 9.21 Å². The van der Waals surface area contributed by atoms with Crippen molar-refractivity contribution in [1.82, 2.24) is 4.68 Å². The summed E-state index contributed by atoms with van der Waals surface area (Å²) in [7, 11) is 0. The second-order valence-electron chi connectivity index (χ2n) is 6.22. The van der Waals surface area contributed by atoms with E-state index in [1.54, 1.807) is 30.3 Å². The predicted octanol–water partition coefficient (Wildman–Crippen LogP) is 6.21. The summed E-state index contributed by atoms with van der Waals surface area (Å²) in [5, 5.41) is 2.39. The number of hydrogen-bond acceptors (Lipinski definition) is 4. The average Bonchev–Trinajstić information content (AvgIpc) is 3.31. The fourth-order valence-electron chi connectivity index (χ4n) is 3.01. The molecule has 1 aliphatic heterocycles. The number of rotatable bonds is 3. The van der Waals surface area contributed by atoms with Crippen molar-refractivity contribution in [2.75, 3.05) is 5.01 Å². The lowest BCUT2D eigenvalue weighted by molar-refractivity contribution is -0.114. The van der Waals surface area contributed by atoms with Crippen molar-refractivity contribution in [1.29, 1.82) is 0 Å². The Bertz CT molecular complexity index is 1130. The van der Waals surface area contributed by atoms with Gasteiger partial charge in [-0.15, -0.1) is 0 Å². The maximum atomic E-state index is 12.9. The first-order chi connectivity index (χ1) is 13.4. The number of aryl methyl sites for hydroxylation is 2. The number of hydrogen-bond donors (Lipinski definition) is 0. The molecule has 4 rings (SSSR count). The third-order valence-corrected chi connectivity index (χ3v) is 6.43. The van der Waals surface area contributed by atoms with Gasteiger partial charge < -0.3 is 4.42 Å². The molecule has 0 bridgehead atoms. The molecule has 4 nitrogen and oxygen atoms in total. The van der Waals surface area contributed by atoms with Crippen molar-refractivity contribution in [2.24, 2.45) is 0 Å². The number of thiocarbonyl (C=S) groups is 1. The highest BCUT2D eigenvalue weighted by molar-refractivity contribution is 8.27. The van der Waals surface area contributed by atoms with Crippen molar-refractivity contribution in [3.05, 3.63) is 74.6 Å². The van der Waals surface area contributed by atoms with E-state index in [0.717, 1.165) is 11.4 Å². The SMILES string of the molecule is Cc1ccc(C)n1N1C(=O)C(=Cc2ccc(-c3cccc(Cl)c3Cl)o2)SC1=S. The molecule has 0 unspecified atom stereocenters. The fraction of sp³-hybridized carbons (Fsp3) is 0.100. The van der Waals surface area contributed by atoms with Crippen molar-refractivity contribution >= 4 is 63.5 Å². The van der Waals surface area contributed by atoms with Gasteiger partial charge in [0, 0.05) is 23.0 Å². The number of aromatic nitrogens is 1. The van der Waals surface area contributed by atoms with Gasteiger partial charge in [-0.05, 0) is 62.5 Å². The van der Waals surface area contributed by atoms with Crippen LogP contribution in [0, 0.1) is 13.8 Å². The first kappa shape index (κ1) is 19.3. The molecule has 1 aromatic carbocycles. The topological polar surface area (TPSA) is 38.4 Å². The third-order valence-electron chi connectivity index (χ3n) is 4.32. The van der Waals surface area contributed by atoms with Gasteiger partial charge >= 0.3 is 0 Å². The van der Waals surface area contributed by atoms with Crippen LogP contribution in [0.3, 0.4) is 0 Å². The lowest BCUT2D eigenvalue weighted by Crippen LogP contribution is -2.39. The van der Waals surface area contributed by atoms with Crippen LogP contribution in [0.4, 0.5) is 0 Å². The number of benzene rings is 1. The molecule has 28 heavy (non-hydrogen) atoms. The molecule has 3 heterocycles. The van der Waals surface area contributed by atoms with Gasteiger partial charge in [0.15, 0.2) is 4.32 Å². The summed E-state index contributed by atoms with van der Waals surface area (Å²) in [6.45, 7) is 3.87. The van der Waals surface area contributed by atoms with Crippen molar-refractivity contribution in [3.63, 3.8) is 0 Å². The molecule has 1 fully saturated rings. The van der Waals surface area contributed by atoms with Gasteiger partial charge in [-0.3, -0.25) is 9.47 Å². The van der Waals surface area contributed by atoms with Crippen LogP contribution >= 0.6 is 47.2 Å². The van der Waals surface area contributed by atoms with E-state index in [9.17, 15) is 4.79 Å². The molecule has 1 saturated heterocycles. The van der Waals surface area contributed by atoms with E-state index in [-0.39, 0.29) is 5.91 Å². The maximum Gasteiger partial charge on any atom is 0.285 e. The summed E-state index contributed by atoms with van der Waals surface area (Å²) >= 11 is 19.0. The van der Waals surface area contributed by atoms with Crippen LogP contribution in [0.25, 0.3) is 17.4 Å². The first-order valence-corrected chi connectivity index (χ1v) is 10.3. The molecule has 0 radical (unpaired) electrons. The summed E-state index contributed by atoms with van der Waals surface area (Å²) in [6.07, 6.45) is 1.69. The van der Waals surface area contributed by atoms with E-state index in [0.29, 0.717) is 36.4 Å². The number of carbonyl (C=O) groups is 1. The predicted molar refractivity (Wildman–Crippen MR) is 119 cm³/mol. The molecule has 0 N–H and O–H groups in total. The third kappa shape index (κ3) is 3.31. The zero-order chi connectivity index (χ0) is 20.0. The van der Waals surface area contributed by atoms with Crippen molar-refractivity contribution in [3.8, 4) is 11.3 Å². The molecule has 0 spiro atoms. The van der Waals surface area contributed by atoms with Crippen LogP contribution < -0.4 is 5.01 Å². The van der Waals surface area contributed by atoms with E-state index < -0.39 is 0 Å². The standard InChI is InChI=1S/C20H14Cl2N2O2S2/c1-11-6-7-12(2)23(11)24-19(25)17(28-20(24)27)10-13-8-9-16(26-13)14-4-3-5-15(21)18(14)22/h3-10H,1-2H3. The molecular weight excluding hydrogens is 435 g/mol. The van der Waals surface area contributed by atoms with Crippen LogP contribution in [0.15, 0.2) is 51.8 Å². The normalized spacial score (nSPS) is 15.9. The van der Waals surface area contributed by atoms with Gasteiger partial charge in [-0.25, -0.2) is 0 Å². The highest BCUT2D eigenvalue weighted by Crippen LogP contribution is 2.36. The number of furan rings is 1. The monoisotopic (exact) mass is 448 g/mol. The van der Waals surface area contributed by atoms with Crippen LogP contribution in [-0.4, -0.2) is 14.9 Å². The van der Waals surface area contributed by atoms with Crippen LogP contribution in [0.2, 0.25) is 10.0 Å². The van der Waals surface area contributed by atoms with E-state index >= 15 is 0 Å². The van der Waals surface area contributed by atoms with Crippen molar-refractivity contribution in [2.45, 2.75) is 13.8 Å². The quantitative estimate of drug-likeness (QED) is 0.352. The minimum atomic E-state index is -0.184. The fourth-order valence-corrected chi connectivity index (χ4v) is 4.62. The van der Waals surface area contributed by atoms with Crippen LogP contribution in [0.1, 0.15) is 17.1 Å². The summed E-state index contributed by atoms with van der Waals surface area (Å²) in [5.74, 6) is 0.926. The maximum absolute atomic E-state index is 12.9. The highest BCUT2D eigenvalue weighted by atomic mass is 35.5. The molecule has 0 aliphatic carbocycles. The Morgan fingerprint density at radius 2 is 1.79 bits per heavy atom. The molecule has 2 aromatic heterocycles. The van der Waals surface area contributed by atoms with Crippen LogP contribution in [-0.2, 0) is 4.79 Å². The molecule has 3 aromatic rings. The molecule has 1 amide bonds. The van der Waals surface area contributed by atoms with E-state index in [1.165, 1.54) is 16.8 Å². The van der Waals surface area contributed by atoms with E-state index in [2.05, 4.69) is 0 Å².